The molecule has 7 nitrogen and oxygen atoms in total. The van der Waals surface area contributed by atoms with Gasteiger partial charge in [0.2, 0.25) is 10.0 Å². The van der Waals surface area contributed by atoms with E-state index in [1.165, 1.54) is 12.8 Å². The summed E-state index contributed by atoms with van der Waals surface area (Å²) < 4.78 is 32.3. The van der Waals surface area contributed by atoms with Crippen LogP contribution in [0.5, 0.6) is 5.75 Å². The Hall–Kier alpha value is -1.80. The van der Waals surface area contributed by atoms with Crippen molar-refractivity contribution in [2.24, 2.45) is 5.92 Å². The lowest BCUT2D eigenvalue weighted by atomic mass is 10.1. The van der Waals surface area contributed by atoms with E-state index in [0.717, 1.165) is 12.4 Å². The van der Waals surface area contributed by atoms with Gasteiger partial charge in [0.1, 0.15) is 5.75 Å². The lowest BCUT2D eigenvalue weighted by molar-refractivity contribution is 0.193. The van der Waals surface area contributed by atoms with Crippen LogP contribution in [-0.4, -0.2) is 49.8 Å². The second-order valence-corrected chi connectivity index (χ2v) is 11.2. The third-order valence-electron chi connectivity index (χ3n) is 5.18. The average Bonchev–Trinajstić information content (AvgIpc) is 3.44. The van der Waals surface area contributed by atoms with Crippen molar-refractivity contribution in [3.8, 4) is 5.75 Å². The highest BCUT2D eigenvalue weighted by Gasteiger charge is 2.33. The lowest BCUT2D eigenvalue weighted by Crippen LogP contribution is -2.50. The molecular formula is C20H31N3O4S. The first-order valence-corrected chi connectivity index (χ1v) is 11.4. The van der Waals surface area contributed by atoms with Crippen LogP contribution in [0.2, 0.25) is 0 Å². The molecule has 0 radical (unpaired) electrons. The van der Waals surface area contributed by atoms with Crippen molar-refractivity contribution in [1.29, 1.82) is 0 Å². The summed E-state index contributed by atoms with van der Waals surface area (Å²) in [6, 6.07) is 7.14. The second-order valence-electron chi connectivity index (χ2n) is 8.71. The summed E-state index contributed by atoms with van der Waals surface area (Å²) in [5.74, 6) is 1.44. The molecule has 1 aromatic carbocycles. The summed E-state index contributed by atoms with van der Waals surface area (Å²) in [7, 11) is -3.38. The summed E-state index contributed by atoms with van der Waals surface area (Å²) in [6.07, 6.45) is 3.68. The molecule has 1 saturated heterocycles. The number of nitrogens with one attached hydrogen (secondary N) is 2. The van der Waals surface area contributed by atoms with Crippen LogP contribution >= 0.6 is 0 Å². The lowest BCUT2D eigenvalue weighted by Gasteiger charge is -2.33. The van der Waals surface area contributed by atoms with Crippen molar-refractivity contribution in [1.82, 2.24) is 9.62 Å². The van der Waals surface area contributed by atoms with Crippen molar-refractivity contribution in [3.63, 3.8) is 0 Å². The number of benzene rings is 1. The maximum Gasteiger partial charge on any atom is 0.321 e. The Labute approximate surface area is 167 Å². The van der Waals surface area contributed by atoms with E-state index in [1.54, 1.807) is 25.7 Å². The number of rotatable bonds is 6. The zero-order chi connectivity index (χ0) is 20.4. The molecular weight excluding hydrogens is 378 g/mol. The normalized spacial score (nSPS) is 18.8. The number of piperidine rings is 1. The highest BCUT2D eigenvalue weighted by molar-refractivity contribution is 7.90. The van der Waals surface area contributed by atoms with Gasteiger partial charge in [-0.15, -0.1) is 0 Å². The Kier molecular flexibility index (Phi) is 6.19. The maximum absolute atomic E-state index is 12.5. The fourth-order valence-electron chi connectivity index (χ4n) is 2.96. The van der Waals surface area contributed by atoms with Crippen molar-refractivity contribution in [2.75, 3.05) is 25.0 Å². The van der Waals surface area contributed by atoms with E-state index in [9.17, 15) is 13.2 Å². The SMILES string of the molecule is CC(C)(C)S(=O)(=O)NC1CCN(C(=O)Nc2cccc(OCC3CC3)c2)CC1. The van der Waals surface area contributed by atoms with E-state index in [0.29, 0.717) is 37.5 Å². The monoisotopic (exact) mass is 409 g/mol. The number of likely N-dealkylation sites (tertiary alicyclic amines) is 1. The summed E-state index contributed by atoms with van der Waals surface area (Å²) >= 11 is 0. The molecule has 2 fully saturated rings. The number of carbonyl (C=O) groups is 1. The molecule has 1 heterocycles. The minimum absolute atomic E-state index is 0.132. The van der Waals surface area contributed by atoms with Gasteiger partial charge in [-0.3, -0.25) is 0 Å². The van der Waals surface area contributed by atoms with Gasteiger partial charge in [-0.1, -0.05) is 6.07 Å². The van der Waals surface area contributed by atoms with E-state index in [1.807, 2.05) is 24.3 Å². The molecule has 0 spiro atoms. The smallest absolute Gasteiger partial charge is 0.321 e. The van der Waals surface area contributed by atoms with Crippen LogP contribution in [0, 0.1) is 5.92 Å². The van der Waals surface area contributed by atoms with Crippen LogP contribution in [0.1, 0.15) is 46.5 Å². The molecule has 2 aliphatic rings. The number of amides is 2. The largest absolute Gasteiger partial charge is 0.493 e. The average molecular weight is 410 g/mol. The van der Waals surface area contributed by atoms with Crippen molar-refractivity contribution in [2.45, 2.75) is 57.2 Å². The van der Waals surface area contributed by atoms with Gasteiger partial charge < -0.3 is 15.0 Å². The molecule has 0 unspecified atom stereocenters. The van der Waals surface area contributed by atoms with E-state index < -0.39 is 14.8 Å². The zero-order valence-corrected chi connectivity index (χ0v) is 17.7. The number of nitrogens with zero attached hydrogens (tertiary/aromatic N) is 1. The van der Waals surface area contributed by atoms with Gasteiger partial charge in [-0.25, -0.2) is 17.9 Å². The molecule has 0 bridgehead atoms. The minimum Gasteiger partial charge on any atom is -0.493 e. The third-order valence-corrected chi connectivity index (χ3v) is 7.43. The standard InChI is InChI=1S/C20H31N3O4S/c1-20(2,3)28(25,26)22-16-9-11-23(12-10-16)19(24)21-17-5-4-6-18(13-17)27-14-15-7-8-15/h4-6,13,15-16,22H,7-12,14H2,1-3H3,(H,21,24). The molecule has 2 N–H and O–H groups in total. The van der Waals surface area contributed by atoms with Crippen LogP contribution in [0.3, 0.4) is 0 Å². The molecule has 8 heteroatoms. The molecule has 1 aromatic rings. The topological polar surface area (TPSA) is 87.7 Å². The molecule has 2 amide bonds. The number of sulfonamides is 1. The van der Waals surface area contributed by atoms with E-state index in [4.69, 9.17) is 4.74 Å². The highest BCUT2D eigenvalue weighted by atomic mass is 32.2. The van der Waals surface area contributed by atoms with E-state index in [2.05, 4.69) is 10.0 Å². The molecule has 1 aliphatic heterocycles. The summed E-state index contributed by atoms with van der Waals surface area (Å²) in [6.45, 7) is 6.80. The first kappa shape index (κ1) is 20.9. The third kappa shape index (κ3) is 5.61. The van der Waals surface area contributed by atoms with Crippen molar-refractivity contribution >= 4 is 21.7 Å². The van der Waals surface area contributed by atoms with Crippen LogP contribution in [0.25, 0.3) is 0 Å². The Morgan fingerprint density at radius 2 is 1.86 bits per heavy atom. The van der Waals surface area contributed by atoms with Gasteiger partial charge in [-0.05, 0) is 64.5 Å². The second kappa shape index (κ2) is 8.29. The van der Waals surface area contributed by atoms with Crippen molar-refractivity contribution < 1.29 is 17.9 Å². The summed E-state index contributed by atoms with van der Waals surface area (Å²) in [5.41, 5.74) is 0.703. The maximum atomic E-state index is 12.5. The van der Waals surface area contributed by atoms with Crippen LogP contribution in [-0.2, 0) is 10.0 Å². The number of ether oxygens (including phenoxy) is 1. The van der Waals surface area contributed by atoms with Gasteiger partial charge >= 0.3 is 6.03 Å². The predicted molar refractivity (Wildman–Crippen MR) is 110 cm³/mol. The fraction of sp³-hybridized carbons (Fsp3) is 0.650. The quantitative estimate of drug-likeness (QED) is 0.755. The molecule has 1 saturated carbocycles. The van der Waals surface area contributed by atoms with E-state index in [-0.39, 0.29) is 12.1 Å². The van der Waals surface area contributed by atoms with Crippen LogP contribution < -0.4 is 14.8 Å². The van der Waals surface area contributed by atoms with Gasteiger partial charge in [0.15, 0.2) is 0 Å². The Bertz CT molecular complexity index is 792. The fourth-order valence-corrected chi connectivity index (χ4v) is 3.99. The van der Waals surface area contributed by atoms with Gasteiger partial charge in [0.05, 0.1) is 11.4 Å². The highest BCUT2D eigenvalue weighted by Crippen LogP contribution is 2.30. The minimum atomic E-state index is -3.38. The zero-order valence-electron chi connectivity index (χ0n) is 16.9. The van der Waals surface area contributed by atoms with Crippen LogP contribution in [0.15, 0.2) is 24.3 Å². The van der Waals surface area contributed by atoms with Crippen LogP contribution in [0.4, 0.5) is 10.5 Å². The van der Waals surface area contributed by atoms with Gasteiger partial charge in [0.25, 0.3) is 0 Å². The Morgan fingerprint density at radius 1 is 1.18 bits per heavy atom. The molecule has 0 aromatic heterocycles. The number of carbonyl (C=O) groups excluding carboxylic acids is 1. The Morgan fingerprint density at radius 3 is 2.46 bits per heavy atom. The van der Waals surface area contributed by atoms with Gasteiger partial charge in [0, 0.05) is 30.9 Å². The first-order chi connectivity index (χ1) is 13.1. The Balaban J connectivity index is 1.48. The van der Waals surface area contributed by atoms with E-state index >= 15 is 0 Å². The van der Waals surface area contributed by atoms with Crippen molar-refractivity contribution in [3.05, 3.63) is 24.3 Å². The number of anilines is 1. The number of hydrogen-bond donors (Lipinski definition) is 2. The molecule has 0 atom stereocenters. The molecule has 28 heavy (non-hydrogen) atoms. The van der Waals surface area contributed by atoms with Gasteiger partial charge in [-0.2, -0.15) is 0 Å². The number of hydrogen-bond acceptors (Lipinski definition) is 4. The molecule has 3 rings (SSSR count). The predicted octanol–water partition coefficient (Wildman–Crippen LogP) is 3.19. The summed E-state index contributed by atoms with van der Waals surface area (Å²) in [4.78, 5) is 14.3. The number of urea groups is 1. The molecule has 1 aliphatic carbocycles. The first-order valence-electron chi connectivity index (χ1n) is 9.95. The summed E-state index contributed by atoms with van der Waals surface area (Å²) in [5, 5.41) is 2.91. The molecule has 156 valence electrons.